The molecule has 4 nitrogen and oxygen atoms in total. The van der Waals surface area contributed by atoms with E-state index in [2.05, 4.69) is 5.32 Å². The molecule has 1 amide bonds. The molecule has 120 valence electrons. The molecule has 1 fully saturated rings. The van der Waals surface area contributed by atoms with Crippen molar-refractivity contribution in [2.24, 2.45) is 5.92 Å². The lowest BCUT2D eigenvalue weighted by Crippen LogP contribution is -2.13. The topological polar surface area (TPSA) is 59.3 Å². The molecule has 0 atom stereocenters. The molecule has 2 aromatic carbocycles. The highest BCUT2D eigenvalue weighted by atomic mass is 19.1. The van der Waals surface area contributed by atoms with Crippen LogP contribution in [0.2, 0.25) is 0 Å². The molecule has 1 N–H and O–H groups in total. The van der Waals surface area contributed by atoms with Crippen molar-refractivity contribution in [3.63, 3.8) is 0 Å². The van der Waals surface area contributed by atoms with Gasteiger partial charge in [-0.2, -0.15) is 0 Å². The lowest BCUT2D eigenvalue weighted by Gasteiger charge is -2.07. The van der Waals surface area contributed by atoms with Gasteiger partial charge in [0.2, 0.25) is 5.91 Å². The lowest BCUT2D eigenvalue weighted by atomic mass is 10.1. The summed E-state index contributed by atoms with van der Waals surface area (Å²) in [5.41, 5.74) is 0.871. The summed E-state index contributed by atoms with van der Waals surface area (Å²) in [7, 11) is 0. The third kappa shape index (κ3) is 2.69. The van der Waals surface area contributed by atoms with Crippen molar-refractivity contribution in [3.8, 4) is 11.3 Å². The molecule has 0 aliphatic heterocycles. The van der Waals surface area contributed by atoms with Crippen molar-refractivity contribution in [1.82, 2.24) is 0 Å². The Balaban J connectivity index is 1.75. The Morgan fingerprint density at radius 2 is 1.92 bits per heavy atom. The van der Waals surface area contributed by atoms with Gasteiger partial charge >= 0.3 is 0 Å². The number of fused-ring (bicyclic) bond motifs is 1. The molecular weight excluding hydrogens is 309 g/mol. The molecule has 1 aliphatic carbocycles. The summed E-state index contributed by atoms with van der Waals surface area (Å²) in [6, 6.07) is 12.3. The first kappa shape index (κ1) is 14.6. The molecule has 0 saturated heterocycles. The van der Waals surface area contributed by atoms with E-state index < -0.39 is 5.82 Å². The summed E-state index contributed by atoms with van der Waals surface area (Å²) in [4.78, 5) is 24.2. The van der Waals surface area contributed by atoms with E-state index in [-0.39, 0.29) is 28.6 Å². The quantitative estimate of drug-likeness (QED) is 0.794. The van der Waals surface area contributed by atoms with Gasteiger partial charge in [-0.1, -0.05) is 12.1 Å². The Bertz CT molecular complexity index is 1000. The molecule has 3 aromatic rings. The Hall–Kier alpha value is -2.95. The first-order valence-corrected chi connectivity index (χ1v) is 7.75. The second-order valence-electron chi connectivity index (χ2n) is 5.93. The van der Waals surface area contributed by atoms with Gasteiger partial charge in [0.05, 0.1) is 10.9 Å². The molecule has 1 aromatic heterocycles. The van der Waals surface area contributed by atoms with Gasteiger partial charge in [0.15, 0.2) is 5.43 Å². The fraction of sp³-hybridized carbons (Fsp3) is 0.158. The van der Waals surface area contributed by atoms with E-state index in [1.165, 1.54) is 12.1 Å². The largest absolute Gasteiger partial charge is 0.456 e. The van der Waals surface area contributed by atoms with Crippen LogP contribution in [0.1, 0.15) is 12.8 Å². The van der Waals surface area contributed by atoms with Gasteiger partial charge in [0.1, 0.15) is 17.2 Å². The predicted molar refractivity (Wildman–Crippen MR) is 89.2 cm³/mol. The molecule has 4 rings (SSSR count). The molecule has 0 spiro atoms. The number of amides is 1. The van der Waals surface area contributed by atoms with Gasteiger partial charge in [-0.3, -0.25) is 9.59 Å². The van der Waals surface area contributed by atoms with Crippen molar-refractivity contribution in [2.45, 2.75) is 12.8 Å². The smallest absolute Gasteiger partial charge is 0.227 e. The number of rotatable bonds is 3. The van der Waals surface area contributed by atoms with E-state index in [4.69, 9.17) is 4.42 Å². The van der Waals surface area contributed by atoms with Crippen LogP contribution in [0.4, 0.5) is 10.1 Å². The maximum absolute atomic E-state index is 13.9. The number of hydrogen-bond donors (Lipinski definition) is 1. The normalized spacial score (nSPS) is 13.9. The standard InChI is InChI=1S/C19H14FNO3/c20-15-4-2-1-3-13(15)18-10-16(22)14-9-12(7-8-17(14)24-18)21-19(23)11-5-6-11/h1-4,7-11H,5-6H2,(H,21,23). The molecule has 0 radical (unpaired) electrons. The van der Waals surface area contributed by atoms with Crippen LogP contribution >= 0.6 is 0 Å². The molecule has 0 unspecified atom stereocenters. The molecule has 1 heterocycles. The maximum Gasteiger partial charge on any atom is 0.227 e. The van der Waals surface area contributed by atoms with Crippen molar-refractivity contribution in [3.05, 3.63) is 64.6 Å². The van der Waals surface area contributed by atoms with Crippen LogP contribution in [0.5, 0.6) is 0 Å². The van der Waals surface area contributed by atoms with E-state index in [1.807, 2.05) is 0 Å². The Morgan fingerprint density at radius 3 is 2.67 bits per heavy atom. The second kappa shape index (κ2) is 5.60. The van der Waals surface area contributed by atoms with Crippen LogP contribution in [0, 0.1) is 11.7 Å². The molecule has 24 heavy (non-hydrogen) atoms. The summed E-state index contributed by atoms with van der Waals surface area (Å²) < 4.78 is 19.6. The number of carbonyl (C=O) groups is 1. The van der Waals surface area contributed by atoms with E-state index >= 15 is 0 Å². The Morgan fingerprint density at radius 1 is 1.12 bits per heavy atom. The van der Waals surface area contributed by atoms with E-state index in [9.17, 15) is 14.0 Å². The molecule has 0 bridgehead atoms. The Kier molecular flexibility index (Phi) is 3.41. The van der Waals surface area contributed by atoms with Crippen molar-refractivity contribution < 1.29 is 13.6 Å². The summed E-state index contributed by atoms with van der Waals surface area (Å²) in [6.45, 7) is 0. The highest BCUT2D eigenvalue weighted by molar-refractivity contribution is 5.96. The minimum atomic E-state index is -0.451. The summed E-state index contributed by atoms with van der Waals surface area (Å²) in [5, 5.41) is 3.15. The molecular formula is C19H14FNO3. The van der Waals surface area contributed by atoms with Crippen molar-refractivity contribution in [1.29, 1.82) is 0 Å². The van der Waals surface area contributed by atoms with Gasteiger partial charge in [-0.15, -0.1) is 0 Å². The predicted octanol–water partition coefficient (Wildman–Crippen LogP) is 3.95. The van der Waals surface area contributed by atoms with Crippen LogP contribution < -0.4 is 10.7 Å². The highest BCUT2D eigenvalue weighted by Crippen LogP contribution is 2.31. The fourth-order valence-corrected chi connectivity index (χ4v) is 2.62. The maximum atomic E-state index is 13.9. The number of hydrogen-bond acceptors (Lipinski definition) is 3. The number of anilines is 1. The SMILES string of the molecule is O=C(Nc1ccc2oc(-c3ccccc3F)cc(=O)c2c1)C1CC1. The fourth-order valence-electron chi connectivity index (χ4n) is 2.62. The van der Waals surface area contributed by atoms with Gasteiger partial charge < -0.3 is 9.73 Å². The van der Waals surface area contributed by atoms with Crippen molar-refractivity contribution >= 4 is 22.6 Å². The third-order valence-corrected chi connectivity index (χ3v) is 4.08. The van der Waals surface area contributed by atoms with E-state index in [0.717, 1.165) is 12.8 Å². The van der Waals surface area contributed by atoms with E-state index in [0.29, 0.717) is 16.7 Å². The van der Waals surface area contributed by atoms with Gasteiger partial charge in [0, 0.05) is 17.7 Å². The van der Waals surface area contributed by atoms with Crippen LogP contribution in [-0.4, -0.2) is 5.91 Å². The van der Waals surface area contributed by atoms with Gasteiger partial charge in [-0.25, -0.2) is 4.39 Å². The first-order valence-electron chi connectivity index (χ1n) is 7.75. The second-order valence-corrected chi connectivity index (χ2v) is 5.93. The third-order valence-electron chi connectivity index (χ3n) is 4.08. The van der Waals surface area contributed by atoms with Crippen LogP contribution in [0.3, 0.4) is 0 Å². The van der Waals surface area contributed by atoms with E-state index in [1.54, 1.807) is 36.4 Å². The zero-order valence-electron chi connectivity index (χ0n) is 12.7. The Labute approximate surface area is 136 Å². The number of carbonyl (C=O) groups excluding carboxylic acids is 1. The zero-order chi connectivity index (χ0) is 16.7. The summed E-state index contributed by atoms with van der Waals surface area (Å²) in [6.07, 6.45) is 1.82. The minimum Gasteiger partial charge on any atom is -0.456 e. The zero-order valence-corrected chi connectivity index (χ0v) is 12.7. The average Bonchev–Trinajstić information content (AvgIpc) is 3.41. The summed E-state index contributed by atoms with van der Waals surface area (Å²) >= 11 is 0. The highest BCUT2D eigenvalue weighted by Gasteiger charge is 2.29. The monoisotopic (exact) mass is 323 g/mol. The van der Waals surface area contributed by atoms with Crippen LogP contribution in [0.25, 0.3) is 22.3 Å². The lowest BCUT2D eigenvalue weighted by molar-refractivity contribution is -0.117. The number of halogens is 1. The summed E-state index contributed by atoms with van der Waals surface area (Å²) in [5.74, 6) is -0.212. The number of benzene rings is 2. The van der Waals surface area contributed by atoms with Crippen LogP contribution in [0.15, 0.2) is 57.7 Å². The first-order chi connectivity index (χ1) is 11.6. The number of nitrogens with one attached hydrogen (secondary N) is 1. The minimum absolute atomic E-state index is 0.0262. The average molecular weight is 323 g/mol. The van der Waals surface area contributed by atoms with Gasteiger partial charge in [-0.05, 0) is 43.2 Å². The van der Waals surface area contributed by atoms with Crippen molar-refractivity contribution in [2.75, 3.05) is 5.32 Å². The van der Waals surface area contributed by atoms with Crippen LogP contribution in [-0.2, 0) is 4.79 Å². The molecule has 5 heteroatoms. The van der Waals surface area contributed by atoms with Gasteiger partial charge in [0.25, 0.3) is 0 Å². The molecule has 1 saturated carbocycles. The molecule has 1 aliphatic rings.